The van der Waals surface area contributed by atoms with Crippen LogP contribution < -0.4 is 11.0 Å². The maximum absolute atomic E-state index is 12.7. The lowest BCUT2D eigenvalue weighted by Crippen LogP contribution is -2.37. The van der Waals surface area contributed by atoms with E-state index in [1.54, 1.807) is 4.57 Å². The molecule has 1 aromatic carbocycles. The molecule has 1 atom stereocenters. The number of hydrazone groups is 1. The second-order valence-electron chi connectivity index (χ2n) is 5.95. The molecule has 0 aliphatic carbocycles. The third-order valence-electron chi connectivity index (χ3n) is 4.36. The fourth-order valence-corrected chi connectivity index (χ4v) is 3.03. The summed E-state index contributed by atoms with van der Waals surface area (Å²) < 4.78 is 1.81. The number of hydrogen-bond acceptors (Lipinski definition) is 4. The molecule has 2 aromatic rings. The quantitative estimate of drug-likeness (QED) is 0.885. The van der Waals surface area contributed by atoms with Gasteiger partial charge < -0.3 is 0 Å². The highest BCUT2D eigenvalue weighted by Crippen LogP contribution is 2.23. The van der Waals surface area contributed by atoms with Crippen LogP contribution in [-0.4, -0.2) is 15.3 Å². The van der Waals surface area contributed by atoms with Crippen LogP contribution in [-0.2, 0) is 6.42 Å². The Balaban J connectivity index is 2.04. The number of aryl methyl sites for hydroxylation is 1. The summed E-state index contributed by atoms with van der Waals surface area (Å²) >= 11 is 0. The highest BCUT2D eigenvalue weighted by molar-refractivity contribution is 5.98. The van der Waals surface area contributed by atoms with Crippen LogP contribution in [0.5, 0.6) is 0 Å². The molecule has 1 aliphatic rings. The van der Waals surface area contributed by atoms with Gasteiger partial charge in [0, 0.05) is 17.3 Å². The number of rotatable bonds is 3. The fourth-order valence-electron chi connectivity index (χ4n) is 3.03. The van der Waals surface area contributed by atoms with Crippen LogP contribution >= 0.6 is 0 Å². The molecule has 1 aromatic heterocycles. The number of hydrogen-bond donors (Lipinski definition) is 1. The van der Waals surface area contributed by atoms with E-state index in [2.05, 4.69) is 22.4 Å². The Morgan fingerprint density at radius 1 is 1.35 bits per heavy atom. The summed E-state index contributed by atoms with van der Waals surface area (Å²) in [4.78, 5) is 17.4. The number of aromatic nitrogens is 2. The Morgan fingerprint density at radius 2 is 2.09 bits per heavy atom. The van der Waals surface area contributed by atoms with E-state index in [-0.39, 0.29) is 11.6 Å². The first-order valence-corrected chi connectivity index (χ1v) is 8.11. The Labute approximate surface area is 136 Å². The normalized spacial score (nSPS) is 18.7. The lowest BCUT2D eigenvalue weighted by molar-refractivity contribution is 0.466. The van der Waals surface area contributed by atoms with Crippen LogP contribution in [0.1, 0.15) is 49.8 Å². The highest BCUT2D eigenvalue weighted by atomic mass is 16.1. The molecular weight excluding hydrogens is 288 g/mol. The zero-order chi connectivity index (χ0) is 16.4. The van der Waals surface area contributed by atoms with E-state index in [9.17, 15) is 4.79 Å². The Morgan fingerprint density at radius 3 is 2.78 bits per heavy atom. The van der Waals surface area contributed by atoms with Gasteiger partial charge in [0.15, 0.2) is 5.82 Å². The monoisotopic (exact) mass is 310 g/mol. The van der Waals surface area contributed by atoms with E-state index in [0.29, 0.717) is 12.2 Å². The fraction of sp³-hybridized carbons (Fsp3) is 0.389. The molecule has 120 valence electrons. The molecule has 0 saturated carbocycles. The Kier molecular flexibility index (Phi) is 4.28. The molecule has 0 saturated heterocycles. The zero-order valence-corrected chi connectivity index (χ0v) is 13.8. The summed E-state index contributed by atoms with van der Waals surface area (Å²) in [5, 5.41) is 4.51. The van der Waals surface area contributed by atoms with Crippen molar-refractivity contribution >= 4 is 11.4 Å². The van der Waals surface area contributed by atoms with Crippen molar-refractivity contribution in [1.82, 2.24) is 9.55 Å². The van der Waals surface area contributed by atoms with Crippen molar-refractivity contribution in [2.24, 2.45) is 5.10 Å². The van der Waals surface area contributed by atoms with Gasteiger partial charge >= 0.3 is 0 Å². The van der Waals surface area contributed by atoms with E-state index in [1.165, 1.54) is 0 Å². The molecule has 0 bridgehead atoms. The molecule has 1 unspecified atom stereocenters. The summed E-state index contributed by atoms with van der Waals surface area (Å²) in [5.74, 6) is 0.701. The van der Waals surface area contributed by atoms with Crippen LogP contribution in [0.3, 0.4) is 0 Å². The number of nitrogens with zero attached hydrogens (tertiary/aromatic N) is 3. The number of para-hydroxylation sites is 1. The standard InChI is InChI=1S/C18H22N4O/c1-4-15-13(3)19-17-16(11-10-12(2)22(17)18(15)23)21-20-14-8-6-5-7-9-14/h5-9,12,20H,4,10-11H2,1-3H3. The summed E-state index contributed by atoms with van der Waals surface area (Å²) in [6, 6.07) is 9.96. The van der Waals surface area contributed by atoms with E-state index in [1.807, 2.05) is 44.2 Å². The van der Waals surface area contributed by atoms with Gasteiger partial charge in [-0.05, 0) is 45.2 Å². The van der Waals surface area contributed by atoms with E-state index in [0.717, 1.165) is 35.5 Å². The molecule has 3 rings (SSSR count). The average Bonchev–Trinajstić information content (AvgIpc) is 2.55. The summed E-state index contributed by atoms with van der Waals surface area (Å²) in [7, 11) is 0. The van der Waals surface area contributed by atoms with Crippen molar-refractivity contribution < 1.29 is 0 Å². The number of anilines is 1. The molecule has 0 fully saturated rings. The number of fused-ring (bicyclic) bond motifs is 1. The Hall–Kier alpha value is -2.43. The highest BCUT2D eigenvalue weighted by Gasteiger charge is 2.25. The maximum atomic E-state index is 12.7. The van der Waals surface area contributed by atoms with Gasteiger partial charge in [0.2, 0.25) is 0 Å². The van der Waals surface area contributed by atoms with Gasteiger partial charge in [0.1, 0.15) is 5.71 Å². The number of benzene rings is 1. The minimum Gasteiger partial charge on any atom is -0.288 e. The van der Waals surface area contributed by atoms with Crippen LogP contribution in [0.15, 0.2) is 40.2 Å². The molecule has 23 heavy (non-hydrogen) atoms. The van der Waals surface area contributed by atoms with E-state index >= 15 is 0 Å². The molecule has 0 spiro atoms. The van der Waals surface area contributed by atoms with Crippen LogP contribution in [0.2, 0.25) is 0 Å². The smallest absolute Gasteiger partial charge is 0.257 e. The average molecular weight is 310 g/mol. The molecule has 1 aliphatic heterocycles. The van der Waals surface area contributed by atoms with Crippen LogP contribution in [0, 0.1) is 6.92 Å². The van der Waals surface area contributed by atoms with Gasteiger partial charge in [0.05, 0.1) is 5.69 Å². The third-order valence-corrected chi connectivity index (χ3v) is 4.36. The predicted octanol–water partition coefficient (Wildman–Crippen LogP) is 3.29. The lowest BCUT2D eigenvalue weighted by Gasteiger charge is -2.26. The largest absolute Gasteiger partial charge is 0.288 e. The SMILES string of the molecule is CCc1c(C)nc2n(c1=O)C(C)CCC2=NNc1ccccc1. The maximum Gasteiger partial charge on any atom is 0.257 e. The van der Waals surface area contributed by atoms with Crippen LogP contribution in [0.4, 0.5) is 5.69 Å². The predicted molar refractivity (Wildman–Crippen MR) is 93.2 cm³/mol. The van der Waals surface area contributed by atoms with Gasteiger partial charge in [-0.25, -0.2) is 4.98 Å². The van der Waals surface area contributed by atoms with Gasteiger partial charge in [0.25, 0.3) is 5.56 Å². The minimum atomic E-state index is 0.0783. The summed E-state index contributed by atoms with van der Waals surface area (Å²) in [6.07, 6.45) is 2.42. The first kappa shape index (κ1) is 15.5. The van der Waals surface area contributed by atoms with E-state index < -0.39 is 0 Å². The molecule has 5 heteroatoms. The second kappa shape index (κ2) is 6.36. The van der Waals surface area contributed by atoms with Crippen molar-refractivity contribution in [3.8, 4) is 0 Å². The van der Waals surface area contributed by atoms with Gasteiger partial charge in [-0.2, -0.15) is 5.10 Å². The summed E-state index contributed by atoms with van der Waals surface area (Å²) in [5.41, 5.74) is 6.53. The van der Waals surface area contributed by atoms with Gasteiger partial charge in [-0.1, -0.05) is 25.1 Å². The van der Waals surface area contributed by atoms with Gasteiger partial charge in [-0.15, -0.1) is 0 Å². The lowest BCUT2D eigenvalue weighted by atomic mass is 10.0. The summed E-state index contributed by atoms with van der Waals surface area (Å²) in [6.45, 7) is 5.98. The minimum absolute atomic E-state index is 0.0783. The topological polar surface area (TPSA) is 59.3 Å². The third kappa shape index (κ3) is 2.91. The van der Waals surface area contributed by atoms with Crippen LogP contribution in [0.25, 0.3) is 0 Å². The van der Waals surface area contributed by atoms with Crippen molar-refractivity contribution in [2.45, 2.75) is 46.1 Å². The van der Waals surface area contributed by atoms with Crippen molar-refractivity contribution in [3.05, 3.63) is 57.8 Å². The molecule has 1 N–H and O–H groups in total. The number of nitrogens with one attached hydrogen (secondary N) is 1. The second-order valence-corrected chi connectivity index (χ2v) is 5.95. The molecule has 2 heterocycles. The van der Waals surface area contributed by atoms with Crippen molar-refractivity contribution in [2.75, 3.05) is 5.43 Å². The molecule has 5 nitrogen and oxygen atoms in total. The van der Waals surface area contributed by atoms with Crippen molar-refractivity contribution in [3.63, 3.8) is 0 Å². The van der Waals surface area contributed by atoms with Crippen molar-refractivity contribution in [1.29, 1.82) is 0 Å². The first-order chi connectivity index (χ1) is 11.1. The molecular formula is C18H22N4O. The van der Waals surface area contributed by atoms with E-state index in [4.69, 9.17) is 0 Å². The van der Waals surface area contributed by atoms with Gasteiger partial charge in [-0.3, -0.25) is 14.8 Å². The molecule has 0 radical (unpaired) electrons. The first-order valence-electron chi connectivity index (χ1n) is 8.11. The zero-order valence-electron chi connectivity index (χ0n) is 13.8. The Bertz CT molecular complexity index is 793. The molecule has 0 amide bonds.